The van der Waals surface area contributed by atoms with Gasteiger partial charge in [-0.2, -0.15) is 0 Å². The van der Waals surface area contributed by atoms with Crippen LogP contribution < -0.4 is 9.80 Å². The fraction of sp³-hybridized carbons (Fsp3) is 0.0682. The van der Waals surface area contributed by atoms with Gasteiger partial charge in [-0.3, -0.25) is 0 Å². The fourth-order valence-corrected chi connectivity index (χ4v) is 14.7. The Morgan fingerprint density at radius 1 is 0.217 bits per heavy atom. The van der Waals surface area contributed by atoms with Crippen LogP contribution in [-0.2, 0) is 10.8 Å². The van der Waals surface area contributed by atoms with Crippen molar-refractivity contribution in [3.8, 4) is 55.6 Å². The lowest BCUT2D eigenvalue weighted by molar-refractivity contribution is 0.657. The van der Waals surface area contributed by atoms with Gasteiger partial charge in [-0.15, -0.1) is 0 Å². The molecule has 2 heterocycles. The molecule has 16 aromatic rings. The first-order valence-electron chi connectivity index (χ1n) is 31.9. The van der Waals surface area contributed by atoms with Gasteiger partial charge < -0.3 is 18.6 Å². The van der Waals surface area contributed by atoms with Crippen molar-refractivity contribution in [2.24, 2.45) is 0 Å². The van der Waals surface area contributed by atoms with Gasteiger partial charge in [0.15, 0.2) is 0 Å². The molecule has 0 N–H and O–H groups in total. The Kier molecular flexibility index (Phi) is 12.9. The van der Waals surface area contributed by atoms with Gasteiger partial charge >= 0.3 is 0 Å². The number of para-hydroxylation sites is 3. The molecule has 0 amide bonds. The molecule has 92 heavy (non-hydrogen) atoms. The van der Waals surface area contributed by atoms with Gasteiger partial charge in [0.2, 0.25) is 0 Å². The van der Waals surface area contributed by atoms with E-state index in [1.807, 2.05) is 12.1 Å². The van der Waals surface area contributed by atoms with E-state index in [0.717, 1.165) is 56.5 Å². The standard InChI is InChI=1S/C45H33NO.C43H31NO/c1-45(2)41-27-36(25-26-37(41)39-29-44-40(28-42(39)45)38-15-9-10-16-43(38)47-44)46(34-21-17-32(18-22-34)30-11-5-3-6-12-30)35-23-19-33(20-24-35)31-13-7-4-8-14-31;1-43(2)39-25-34(22-23-35(39)37-27-42-38(26-40(37)43)36-14-8-9-15-41(36)45-42)44(32-12-4-3-5-13-32)33-20-18-29(19-21-33)31-17-16-28-10-6-7-11-30(28)24-31/h3-29H,1-2H3;3-27H,1-2H3. The summed E-state index contributed by atoms with van der Waals surface area (Å²) in [5.74, 6) is 0. The van der Waals surface area contributed by atoms with Gasteiger partial charge in [-0.1, -0.05) is 228 Å². The van der Waals surface area contributed by atoms with Crippen LogP contribution in [0, 0.1) is 0 Å². The minimum atomic E-state index is -0.173. The smallest absolute Gasteiger partial charge is 0.136 e. The average molecular weight is 1180 g/mol. The Labute approximate surface area is 536 Å². The lowest BCUT2D eigenvalue weighted by Gasteiger charge is -2.28. The summed E-state index contributed by atoms with van der Waals surface area (Å²) in [6, 6.07) is 114. The molecule has 0 radical (unpaired) electrons. The third-order valence-corrected chi connectivity index (χ3v) is 19.5. The van der Waals surface area contributed by atoms with Crippen molar-refractivity contribution >= 4 is 88.8 Å². The van der Waals surface area contributed by atoms with E-state index in [1.165, 1.54) is 110 Å². The van der Waals surface area contributed by atoms with Crippen molar-refractivity contribution in [1.29, 1.82) is 0 Å². The number of furan rings is 2. The lowest BCUT2D eigenvalue weighted by Crippen LogP contribution is -2.16. The number of hydrogen-bond donors (Lipinski definition) is 0. The number of rotatable bonds is 9. The van der Waals surface area contributed by atoms with Crippen LogP contribution in [0.3, 0.4) is 0 Å². The van der Waals surface area contributed by atoms with Crippen molar-refractivity contribution in [1.82, 2.24) is 0 Å². The molecule has 2 aromatic heterocycles. The summed E-state index contributed by atoms with van der Waals surface area (Å²) >= 11 is 0. The summed E-state index contributed by atoms with van der Waals surface area (Å²) in [5, 5.41) is 7.22. The number of fused-ring (bicyclic) bond motifs is 13. The Hall–Kier alpha value is -11.5. The first kappa shape index (κ1) is 54.7. The number of benzene rings is 14. The van der Waals surface area contributed by atoms with Crippen LogP contribution in [0.2, 0.25) is 0 Å². The molecule has 4 nitrogen and oxygen atoms in total. The molecular formula is C88H64N2O2. The zero-order valence-electron chi connectivity index (χ0n) is 51.7. The molecule has 4 heteroatoms. The van der Waals surface area contributed by atoms with Crippen LogP contribution in [0.5, 0.6) is 0 Å². The molecule has 0 unspecified atom stereocenters. The van der Waals surface area contributed by atoms with E-state index in [2.05, 4.69) is 341 Å². The van der Waals surface area contributed by atoms with Crippen molar-refractivity contribution in [2.45, 2.75) is 38.5 Å². The monoisotopic (exact) mass is 1180 g/mol. The molecule has 438 valence electrons. The van der Waals surface area contributed by atoms with Crippen molar-refractivity contribution < 1.29 is 8.83 Å². The van der Waals surface area contributed by atoms with Crippen LogP contribution in [0.15, 0.2) is 324 Å². The Bertz CT molecular complexity index is 5410. The molecule has 0 saturated heterocycles. The van der Waals surface area contributed by atoms with Crippen LogP contribution >= 0.6 is 0 Å². The minimum absolute atomic E-state index is 0.157. The maximum absolute atomic E-state index is 6.31. The van der Waals surface area contributed by atoms with E-state index in [9.17, 15) is 0 Å². The lowest BCUT2D eigenvalue weighted by atomic mass is 9.82. The Balaban J connectivity index is 0.000000141. The maximum Gasteiger partial charge on any atom is 0.136 e. The fourth-order valence-electron chi connectivity index (χ4n) is 14.7. The highest BCUT2D eigenvalue weighted by molar-refractivity contribution is 6.09. The average Bonchev–Trinajstić information content (AvgIpc) is 1.57. The van der Waals surface area contributed by atoms with Gasteiger partial charge in [0.05, 0.1) is 0 Å². The summed E-state index contributed by atoms with van der Waals surface area (Å²) in [6.07, 6.45) is 0. The molecule has 0 aliphatic heterocycles. The van der Waals surface area contributed by atoms with Crippen LogP contribution in [0.25, 0.3) is 110 Å². The maximum atomic E-state index is 6.31. The van der Waals surface area contributed by atoms with Crippen molar-refractivity contribution in [3.05, 3.63) is 338 Å². The molecule has 0 saturated carbocycles. The van der Waals surface area contributed by atoms with E-state index in [0.29, 0.717) is 0 Å². The SMILES string of the molecule is CC1(C)c2cc(N(c3ccc(-c4ccccc4)cc3)c3ccc(-c4ccccc4)cc3)ccc2-c2cc3oc4ccccc4c3cc21.CC1(C)c2cc(N(c3ccccc3)c3ccc(-c4ccc5ccccc5c4)cc3)ccc2-c2cc3oc4ccccc4c3cc21. The van der Waals surface area contributed by atoms with Gasteiger partial charge in [-0.25, -0.2) is 0 Å². The highest BCUT2D eigenvalue weighted by Crippen LogP contribution is 2.55. The van der Waals surface area contributed by atoms with E-state index in [4.69, 9.17) is 8.83 Å². The van der Waals surface area contributed by atoms with Crippen molar-refractivity contribution in [3.63, 3.8) is 0 Å². The third-order valence-electron chi connectivity index (χ3n) is 19.5. The summed E-state index contributed by atoms with van der Waals surface area (Å²) in [4.78, 5) is 4.74. The molecule has 0 fully saturated rings. The third kappa shape index (κ3) is 9.20. The Morgan fingerprint density at radius 3 is 1.01 bits per heavy atom. The predicted molar refractivity (Wildman–Crippen MR) is 386 cm³/mol. The first-order chi connectivity index (χ1) is 45.1. The zero-order valence-corrected chi connectivity index (χ0v) is 51.7. The second-order valence-corrected chi connectivity index (χ2v) is 25.6. The summed E-state index contributed by atoms with van der Waals surface area (Å²) in [5.41, 5.74) is 27.9. The van der Waals surface area contributed by atoms with E-state index in [1.54, 1.807) is 0 Å². The quantitative estimate of drug-likeness (QED) is 0.144. The highest BCUT2D eigenvalue weighted by Gasteiger charge is 2.39. The normalized spacial score (nSPS) is 13.2. The summed E-state index contributed by atoms with van der Waals surface area (Å²) in [7, 11) is 0. The topological polar surface area (TPSA) is 32.8 Å². The molecule has 2 aliphatic carbocycles. The largest absolute Gasteiger partial charge is 0.456 e. The summed E-state index contributed by atoms with van der Waals surface area (Å²) < 4.78 is 12.6. The minimum Gasteiger partial charge on any atom is -0.456 e. The van der Waals surface area contributed by atoms with Gasteiger partial charge in [0.1, 0.15) is 22.3 Å². The van der Waals surface area contributed by atoms with E-state index in [-0.39, 0.29) is 10.8 Å². The molecule has 18 rings (SSSR count). The predicted octanol–water partition coefficient (Wildman–Crippen LogP) is 24.9. The van der Waals surface area contributed by atoms with E-state index >= 15 is 0 Å². The summed E-state index contributed by atoms with van der Waals surface area (Å²) in [6.45, 7) is 9.40. The number of hydrogen-bond acceptors (Lipinski definition) is 4. The second-order valence-electron chi connectivity index (χ2n) is 25.6. The molecular weight excluding hydrogens is 1120 g/mol. The van der Waals surface area contributed by atoms with Crippen LogP contribution in [0.4, 0.5) is 34.1 Å². The molecule has 2 aliphatic rings. The number of anilines is 6. The molecule has 0 atom stereocenters. The number of nitrogens with zero attached hydrogens (tertiary/aromatic N) is 2. The van der Waals surface area contributed by atoms with Gasteiger partial charge in [-0.05, 0) is 204 Å². The molecule has 14 aromatic carbocycles. The van der Waals surface area contributed by atoms with Gasteiger partial charge in [0, 0.05) is 66.5 Å². The van der Waals surface area contributed by atoms with Crippen LogP contribution in [-0.4, -0.2) is 0 Å². The van der Waals surface area contributed by atoms with Crippen LogP contribution in [0.1, 0.15) is 49.9 Å². The van der Waals surface area contributed by atoms with E-state index < -0.39 is 0 Å². The zero-order chi connectivity index (χ0) is 61.7. The Morgan fingerprint density at radius 2 is 0.554 bits per heavy atom. The second kappa shape index (κ2) is 21.7. The highest BCUT2D eigenvalue weighted by atomic mass is 16.3. The molecule has 0 bridgehead atoms. The van der Waals surface area contributed by atoms with Gasteiger partial charge in [0.25, 0.3) is 0 Å². The van der Waals surface area contributed by atoms with Crippen molar-refractivity contribution in [2.75, 3.05) is 9.80 Å². The molecule has 0 spiro atoms. The first-order valence-corrected chi connectivity index (χ1v) is 31.9.